The first-order valence-corrected chi connectivity index (χ1v) is 12.5. The third-order valence-corrected chi connectivity index (χ3v) is 6.67. The molecule has 0 atom stereocenters. The van der Waals surface area contributed by atoms with Gasteiger partial charge in [0.2, 0.25) is 5.91 Å². The number of rotatable bonds is 10. The molecule has 4 aromatic rings. The van der Waals surface area contributed by atoms with Crippen LogP contribution in [-0.4, -0.2) is 58.7 Å². The fraction of sp³-hybridized carbons (Fsp3) is 0.296. The van der Waals surface area contributed by atoms with E-state index in [0.717, 1.165) is 50.6 Å². The zero-order chi connectivity index (χ0) is 24.8. The summed E-state index contributed by atoms with van der Waals surface area (Å²) in [4.78, 5) is 40.6. The minimum absolute atomic E-state index is 0.0455. The Labute approximate surface area is 209 Å². The average Bonchev–Trinajstić information content (AvgIpc) is 3.26. The summed E-state index contributed by atoms with van der Waals surface area (Å²) in [5, 5.41) is 3.58. The molecule has 4 rings (SSSR count). The second-order valence-electron chi connectivity index (χ2n) is 8.62. The Hall–Kier alpha value is -3.49. The molecule has 8 heteroatoms. The molecular weight excluding hydrogens is 458 g/mol. The zero-order valence-corrected chi connectivity index (χ0v) is 21.1. The predicted octanol–water partition coefficient (Wildman–Crippen LogP) is 4.62. The third-order valence-electron chi connectivity index (χ3n) is 5.56. The highest BCUT2D eigenvalue weighted by Crippen LogP contribution is 2.36. The summed E-state index contributed by atoms with van der Waals surface area (Å²) in [5.74, 6) is 0.0426. The van der Waals surface area contributed by atoms with E-state index >= 15 is 0 Å². The molecule has 0 fully saturated rings. The zero-order valence-electron chi connectivity index (χ0n) is 20.2. The molecule has 35 heavy (non-hydrogen) atoms. The normalized spacial score (nSPS) is 11.2. The third kappa shape index (κ3) is 6.15. The lowest BCUT2D eigenvalue weighted by Crippen LogP contribution is -2.24. The van der Waals surface area contributed by atoms with Crippen molar-refractivity contribution in [3.63, 3.8) is 0 Å². The first-order valence-electron chi connectivity index (χ1n) is 11.7. The number of hydrogen-bond donors (Lipinski definition) is 1. The Morgan fingerprint density at radius 2 is 1.94 bits per heavy atom. The summed E-state index contributed by atoms with van der Waals surface area (Å²) in [5.41, 5.74) is 4.94. The smallest absolute Gasteiger partial charge is 0.226 e. The number of nitrogens with one attached hydrogen (secondary N) is 1. The van der Waals surface area contributed by atoms with E-state index in [1.807, 2.05) is 51.4 Å². The number of ketones is 1. The van der Waals surface area contributed by atoms with E-state index in [-0.39, 0.29) is 18.1 Å². The lowest BCUT2D eigenvalue weighted by atomic mass is 9.99. The number of Topliss-reactive ketones (excluding diaryl/α,β-unsaturated/α-hetero) is 1. The number of aromatic nitrogens is 3. The molecule has 1 amide bonds. The highest BCUT2D eigenvalue weighted by Gasteiger charge is 2.16. The van der Waals surface area contributed by atoms with E-state index in [2.05, 4.69) is 26.3 Å². The van der Waals surface area contributed by atoms with Gasteiger partial charge in [-0.25, -0.2) is 4.98 Å². The standard InChI is InChI=1S/C27H29N5O2S/c1-4-29-25(34)15-26-31-23-14-18(13-21(27(23)35-26)22-8-5-6-10-30-22)19-12-20(17-28-16-19)24(33)9-7-11-32(2)3/h5-6,8,10,12-14,16-17H,4,7,9,11,15H2,1-3H3,(H,29,34). The van der Waals surface area contributed by atoms with E-state index in [1.54, 1.807) is 18.6 Å². The maximum atomic E-state index is 12.8. The Kier molecular flexibility index (Phi) is 7.94. The number of benzene rings is 1. The van der Waals surface area contributed by atoms with Crippen LogP contribution in [0.1, 0.15) is 35.1 Å². The second-order valence-corrected chi connectivity index (χ2v) is 9.70. The van der Waals surface area contributed by atoms with Gasteiger partial charge in [-0.05, 0) is 69.9 Å². The van der Waals surface area contributed by atoms with E-state index in [4.69, 9.17) is 4.98 Å². The van der Waals surface area contributed by atoms with Crippen LogP contribution in [0.3, 0.4) is 0 Å². The van der Waals surface area contributed by atoms with Gasteiger partial charge in [0.25, 0.3) is 0 Å². The molecule has 0 saturated heterocycles. The molecule has 0 bridgehead atoms. The van der Waals surface area contributed by atoms with Crippen LogP contribution in [0.5, 0.6) is 0 Å². The molecule has 0 spiro atoms. The quantitative estimate of drug-likeness (QED) is 0.328. The van der Waals surface area contributed by atoms with Gasteiger partial charge in [-0.3, -0.25) is 19.6 Å². The summed E-state index contributed by atoms with van der Waals surface area (Å²) in [6, 6.07) is 11.8. The maximum absolute atomic E-state index is 12.8. The number of thiazole rings is 1. The van der Waals surface area contributed by atoms with Crippen LogP contribution < -0.4 is 5.32 Å². The number of carbonyl (C=O) groups is 2. The average molecular weight is 488 g/mol. The monoisotopic (exact) mass is 487 g/mol. The van der Waals surface area contributed by atoms with Crippen molar-refractivity contribution >= 4 is 33.2 Å². The van der Waals surface area contributed by atoms with Crippen molar-refractivity contribution in [3.05, 3.63) is 65.6 Å². The van der Waals surface area contributed by atoms with E-state index in [9.17, 15) is 9.59 Å². The van der Waals surface area contributed by atoms with Crippen molar-refractivity contribution in [2.75, 3.05) is 27.2 Å². The molecule has 3 heterocycles. The molecule has 0 aliphatic carbocycles. The number of likely N-dealkylation sites (N-methyl/N-ethyl adjacent to an activating group) is 1. The summed E-state index contributed by atoms with van der Waals surface area (Å²) < 4.78 is 0.982. The molecule has 1 N–H and O–H groups in total. The van der Waals surface area contributed by atoms with Gasteiger partial charge in [0.1, 0.15) is 5.01 Å². The number of amides is 1. The van der Waals surface area contributed by atoms with Gasteiger partial charge in [0.05, 0.1) is 22.3 Å². The molecule has 1 aromatic carbocycles. The number of carbonyl (C=O) groups excluding carboxylic acids is 2. The SMILES string of the molecule is CCNC(=O)Cc1nc2cc(-c3cncc(C(=O)CCCN(C)C)c3)cc(-c3ccccn3)c2s1. The van der Waals surface area contributed by atoms with Gasteiger partial charge in [-0.15, -0.1) is 11.3 Å². The van der Waals surface area contributed by atoms with Gasteiger partial charge < -0.3 is 10.2 Å². The van der Waals surface area contributed by atoms with Crippen LogP contribution in [0.15, 0.2) is 55.0 Å². The first kappa shape index (κ1) is 24.6. The topological polar surface area (TPSA) is 88.1 Å². The van der Waals surface area contributed by atoms with Crippen LogP contribution >= 0.6 is 11.3 Å². The highest BCUT2D eigenvalue weighted by atomic mass is 32.1. The van der Waals surface area contributed by atoms with Crippen LogP contribution in [-0.2, 0) is 11.2 Å². The summed E-state index contributed by atoms with van der Waals surface area (Å²) in [6.45, 7) is 3.35. The van der Waals surface area contributed by atoms with Crippen LogP contribution in [0.25, 0.3) is 32.6 Å². The van der Waals surface area contributed by atoms with Crippen LogP contribution in [0.4, 0.5) is 0 Å². The fourth-order valence-electron chi connectivity index (χ4n) is 3.88. The van der Waals surface area contributed by atoms with E-state index in [1.165, 1.54) is 11.3 Å². The molecule has 0 saturated carbocycles. The minimum atomic E-state index is -0.0455. The van der Waals surface area contributed by atoms with E-state index in [0.29, 0.717) is 18.5 Å². The molecule has 0 aliphatic heterocycles. The van der Waals surface area contributed by atoms with Gasteiger partial charge in [-0.2, -0.15) is 0 Å². The lowest BCUT2D eigenvalue weighted by Gasteiger charge is -2.10. The van der Waals surface area contributed by atoms with Gasteiger partial charge in [0.15, 0.2) is 5.78 Å². The first-order chi connectivity index (χ1) is 16.9. The van der Waals surface area contributed by atoms with Crippen molar-refractivity contribution in [1.82, 2.24) is 25.2 Å². The van der Waals surface area contributed by atoms with Gasteiger partial charge in [-0.1, -0.05) is 6.07 Å². The highest BCUT2D eigenvalue weighted by molar-refractivity contribution is 7.19. The molecule has 3 aromatic heterocycles. The largest absolute Gasteiger partial charge is 0.356 e. The number of hydrogen-bond acceptors (Lipinski definition) is 7. The molecule has 0 radical (unpaired) electrons. The molecular formula is C27H29N5O2S. The number of pyridine rings is 2. The Morgan fingerprint density at radius 1 is 1.09 bits per heavy atom. The number of nitrogens with zero attached hydrogens (tertiary/aromatic N) is 4. The number of fused-ring (bicyclic) bond motifs is 1. The molecule has 0 aliphatic rings. The van der Waals surface area contributed by atoms with Crippen molar-refractivity contribution in [1.29, 1.82) is 0 Å². The molecule has 7 nitrogen and oxygen atoms in total. The Morgan fingerprint density at radius 3 is 2.69 bits per heavy atom. The van der Waals surface area contributed by atoms with Crippen molar-refractivity contribution in [2.24, 2.45) is 0 Å². The molecule has 0 unspecified atom stereocenters. The lowest BCUT2D eigenvalue weighted by molar-refractivity contribution is -0.120. The van der Waals surface area contributed by atoms with E-state index < -0.39 is 0 Å². The van der Waals surface area contributed by atoms with Gasteiger partial charge >= 0.3 is 0 Å². The predicted molar refractivity (Wildman–Crippen MR) is 141 cm³/mol. The second kappa shape index (κ2) is 11.3. The molecule has 180 valence electrons. The summed E-state index contributed by atoms with van der Waals surface area (Å²) in [7, 11) is 4.00. The minimum Gasteiger partial charge on any atom is -0.356 e. The maximum Gasteiger partial charge on any atom is 0.226 e. The van der Waals surface area contributed by atoms with Crippen LogP contribution in [0.2, 0.25) is 0 Å². The van der Waals surface area contributed by atoms with Crippen molar-refractivity contribution < 1.29 is 9.59 Å². The van der Waals surface area contributed by atoms with Gasteiger partial charge in [0, 0.05) is 48.2 Å². The van der Waals surface area contributed by atoms with Crippen LogP contribution in [0, 0.1) is 0 Å². The Balaban J connectivity index is 1.73. The summed E-state index contributed by atoms with van der Waals surface area (Å²) >= 11 is 1.51. The summed E-state index contributed by atoms with van der Waals surface area (Å²) in [6.07, 6.45) is 6.69. The Bertz CT molecular complexity index is 1330. The van der Waals surface area contributed by atoms with Crippen molar-refractivity contribution in [2.45, 2.75) is 26.2 Å². The van der Waals surface area contributed by atoms with Crippen molar-refractivity contribution in [3.8, 4) is 22.4 Å². The fourth-order valence-corrected chi connectivity index (χ4v) is 4.95.